The van der Waals surface area contributed by atoms with Crippen molar-refractivity contribution >= 4 is 51.7 Å². The number of aromatic nitrogens is 4. The highest BCUT2D eigenvalue weighted by Gasteiger charge is 2.28. The first-order chi connectivity index (χ1) is 18.9. The molecule has 2 aliphatic heterocycles. The van der Waals surface area contributed by atoms with Crippen molar-refractivity contribution in [2.75, 3.05) is 72.5 Å². The third kappa shape index (κ3) is 6.31. The van der Waals surface area contributed by atoms with E-state index in [4.69, 9.17) is 15.1 Å². The molecule has 0 aliphatic carbocycles. The highest BCUT2D eigenvalue weighted by Crippen LogP contribution is 2.31. The molecule has 1 aromatic carbocycles. The van der Waals surface area contributed by atoms with E-state index < -0.39 is 17.1 Å². The van der Waals surface area contributed by atoms with E-state index in [1.807, 2.05) is 35.0 Å². The lowest BCUT2D eigenvalue weighted by atomic mass is 10.2. The number of hydrogen-bond donors (Lipinski definition) is 1. The Bertz CT molecular complexity index is 1310. The van der Waals surface area contributed by atoms with Crippen molar-refractivity contribution < 1.29 is 19.2 Å². The number of hydrogen-bond acceptors (Lipinski definition) is 10. The van der Waals surface area contributed by atoms with Crippen molar-refractivity contribution in [3.63, 3.8) is 0 Å². The van der Waals surface area contributed by atoms with Gasteiger partial charge in [0, 0.05) is 46.2 Å². The predicted octanol–water partition coefficient (Wildman–Crippen LogP) is 1.14. The third-order valence-electron chi connectivity index (χ3n) is 7.00. The molecule has 2 aliphatic rings. The van der Waals surface area contributed by atoms with Crippen molar-refractivity contribution in [2.45, 2.75) is 19.4 Å². The molecule has 0 bridgehead atoms. The lowest BCUT2D eigenvalue weighted by molar-refractivity contribution is -0.141. The molecule has 12 nitrogen and oxygen atoms in total. The van der Waals surface area contributed by atoms with Crippen LogP contribution in [0.25, 0.3) is 11.0 Å². The van der Waals surface area contributed by atoms with Gasteiger partial charge in [-0.15, -0.1) is 0 Å². The predicted molar refractivity (Wildman–Crippen MR) is 149 cm³/mol. The number of fused-ring (bicyclic) bond motifs is 1. The van der Waals surface area contributed by atoms with E-state index in [1.54, 1.807) is 4.90 Å². The van der Waals surface area contributed by atoms with E-state index in [1.165, 1.54) is 6.33 Å². The van der Waals surface area contributed by atoms with Crippen molar-refractivity contribution in [2.24, 2.45) is 0 Å². The van der Waals surface area contributed by atoms with Crippen LogP contribution in [0.4, 0.5) is 17.6 Å². The van der Waals surface area contributed by atoms with Gasteiger partial charge in [-0.1, -0.05) is 41.5 Å². The molecule has 13 heteroatoms. The smallest absolute Gasteiger partial charge is 0.303 e. The first kappa shape index (κ1) is 26.9. The summed E-state index contributed by atoms with van der Waals surface area (Å²) in [5.41, 5.74) is 2.44. The summed E-state index contributed by atoms with van der Waals surface area (Å²) in [5, 5.41) is 8.90. The summed E-state index contributed by atoms with van der Waals surface area (Å²) in [6.07, 6.45) is 1.36. The van der Waals surface area contributed by atoms with Crippen LogP contribution < -0.4 is 14.7 Å². The molecule has 4 heterocycles. The zero-order chi connectivity index (χ0) is 27.4. The fourth-order valence-electron chi connectivity index (χ4n) is 4.86. The van der Waals surface area contributed by atoms with Crippen LogP contribution in [0.15, 0.2) is 36.7 Å². The van der Waals surface area contributed by atoms with Gasteiger partial charge in [-0.05, 0) is 5.56 Å². The van der Waals surface area contributed by atoms with Crippen molar-refractivity contribution in [1.82, 2.24) is 24.8 Å². The summed E-state index contributed by atoms with van der Waals surface area (Å²) in [6, 6.07) is 10.1. The summed E-state index contributed by atoms with van der Waals surface area (Å²) < 4.78 is 12.1. The van der Waals surface area contributed by atoms with E-state index in [2.05, 4.69) is 27.0 Å². The van der Waals surface area contributed by atoms with Crippen molar-refractivity contribution in [1.29, 1.82) is 0 Å². The second-order valence-electron chi connectivity index (χ2n) is 9.68. The lowest BCUT2D eigenvalue weighted by Gasteiger charge is -2.36. The Labute approximate surface area is 229 Å². The summed E-state index contributed by atoms with van der Waals surface area (Å²) in [4.78, 5) is 50.3. The van der Waals surface area contributed by atoms with Gasteiger partial charge in [-0.2, -0.15) is 4.98 Å². The van der Waals surface area contributed by atoms with Crippen LogP contribution in [-0.4, -0.2) is 104 Å². The van der Waals surface area contributed by atoms with Crippen LogP contribution in [0.3, 0.4) is 0 Å². The fraction of sp³-hybridized carbons (Fsp3) is 0.462. The molecule has 0 saturated carbocycles. The monoisotopic (exact) mass is 552 g/mol. The number of carbonyl (C=O) groups is 2. The molecule has 0 radical (unpaired) electrons. The average molecular weight is 553 g/mol. The topological polar surface area (TPSA) is 142 Å². The summed E-state index contributed by atoms with van der Waals surface area (Å²) in [6.45, 7) is 3.84. The molecule has 0 spiro atoms. The van der Waals surface area contributed by atoms with Gasteiger partial charge < -0.3 is 29.3 Å². The van der Waals surface area contributed by atoms with Gasteiger partial charge in [0.2, 0.25) is 11.9 Å². The van der Waals surface area contributed by atoms with Crippen LogP contribution in [0.1, 0.15) is 18.4 Å². The Kier molecular flexibility index (Phi) is 8.27. The molecule has 5 rings (SSSR count). The number of piperazine rings is 1. The SMILES string of the molecule is CN(Cc1ccccc1)c1ncnc2c(N3CC[S+]([O-])CC3)nc(N3CCN(C(=O)CCC(=O)O)CC3)nc12. The van der Waals surface area contributed by atoms with Gasteiger partial charge in [0.1, 0.15) is 28.9 Å². The number of amides is 1. The van der Waals surface area contributed by atoms with Gasteiger partial charge in [0.15, 0.2) is 11.6 Å². The minimum atomic E-state index is -0.976. The van der Waals surface area contributed by atoms with E-state index >= 15 is 0 Å². The van der Waals surface area contributed by atoms with E-state index in [9.17, 15) is 14.1 Å². The molecule has 3 aromatic rings. The second kappa shape index (κ2) is 12.0. The maximum absolute atomic E-state index is 12.4. The van der Waals surface area contributed by atoms with Gasteiger partial charge in [0.25, 0.3) is 0 Å². The quantitative estimate of drug-likeness (QED) is 0.402. The van der Waals surface area contributed by atoms with E-state index in [0.29, 0.717) is 85.9 Å². The Morgan fingerprint density at radius 3 is 2.36 bits per heavy atom. The third-order valence-corrected chi connectivity index (χ3v) is 8.28. The Morgan fingerprint density at radius 2 is 1.67 bits per heavy atom. The zero-order valence-corrected chi connectivity index (χ0v) is 22.7. The Morgan fingerprint density at radius 1 is 0.949 bits per heavy atom. The molecule has 0 atom stereocenters. The second-order valence-corrected chi connectivity index (χ2v) is 11.4. The summed E-state index contributed by atoms with van der Waals surface area (Å²) >= 11 is -0.837. The summed E-state index contributed by atoms with van der Waals surface area (Å²) in [7, 11) is 1.97. The highest BCUT2D eigenvalue weighted by atomic mass is 32.2. The molecule has 0 unspecified atom stereocenters. The Balaban J connectivity index is 1.45. The number of benzene rings is 1. The number of carboxylic acids is 1. The maximum Gasteiger partial charge on any atom is 0.303 e. The molecular formula is C26H32N8O4S. The largest absolute Gasteiger partial charge is 0.616 e. The first-order valence-corrected chi connectivity index (χ1v) is 14.5. The normalized spacial score (nSPS) is 16.5. The zero-order valence-electron chi connectivity index (χ0n) is 21.9. The van der Waals surface area contributed by atoms with Gasteiger partial charge in [-0.3, -0.25) is 9.59 Å². The number of carboxylic acid groups (broad SMARTS) is 1. The van der Waals surface area contributed by atoms with Crippen LogP contribution in [0.5, 0.6) is 0 Å². The molecule has 1 amide bonds. The van der Waals surface area contributed by atoms with E-state index in [-0.39, 0.29) is 18.7 Å². The van der Waals surface area contributed by atoms with Crippen LogP contribution >= 0.6 is 0 Å². The first-order valence-electron chi connectivity index (χ1n) is 13.0. The molecule has 39 heavy (non-hydrogen) atoms. The molecular weight excluding hydrogens is 520 g/mol. The fourth-order valence-corrected chi connectivity index (χ4v) is 5.91. The number of anilines is 3. The van der Waals surface area contributed by atoms with Crippen LogP contribution in [0.2, 0.25) is 0 Å². The van der Waals surface area contributed by atoms with Gasteiger partial charge in [-0.25, -0.2) is 15.0 Å². The standard InChI is InChI=1S/C26H32N8O4S/c1-31(17-19-5-3-2-4-6-19)24-23-22(27-18-28-24)25(33-13-15-39(38)16-14-33)30-26(29-23)34-11-9-32(10-12-34)20(35)7-8-21(36)37/h2-6,18H,7-17H2,1H3,(H,36,37). The van der Waals surface area contributed by atoms with E-state index in [0.717, 1.165) is 5.56 Å². The lowest BCUT2D eigenvalue weighted by Crippen LogP contribution is -2.49. The molecule has 2 saturated heterocycles. The molecule has 2 fully saturated rings. The summed E-state index contributed by atoms with van der Waals surface area (Å²) in [5.74, 6) is 1.94. The number of nitrogens with zero attached hydrogens (tertiary/aromatic N) is 8. The number of carbonyl (C=O) groups excluding carboxylic acids is 1. The number of rotatable bonds is 8. The van der Waals surface area contributed by atoms with Gasteiger partial charge >= 0.3 is 5.97 Å². The molecule has 2 aromatic heterocycles. The molecule has 1 N–H and O–H groups in total. The van der Waals surface area contributed by atoms with Crippen LogP contribution in [-0.2, 0) is 27.3 Å². The Hall–Kier alpha value is -3.71. The van der Waals surface area contributed by atoms with Crippen LogP contribution in [0, 0.1) is 0 Å². The van der Waals surface area contributed by atoms with Crippen molar-refractivity contribution in [3.8, 4) is 0 Å². The maximum atomic E-state index is 12.4. The van der Waals surface area contributed by atoms with Crippen molar-refractivity contribution in [3.05, 3.63) is 42.2 Å². The highest BCUT2D eigenvalue weighted by molar-refractivity contribution is 7.91. The average Bonchev–Trinajstić information content (AvgIpc) is 2.96. The van der Waals surface area contributed by atoms with Gasteiger partial charge in [0.05, 0.1) is 19.5 Å². The number of aliphatic carboxylic acids is 1. The minimum absolute atomic E-state index is 0.00324. The minimum Gasteiger partial charge on any atom is -0.616 e. The molecule has 206 valence electrons.